The van der Waals surface area contributed by atoms with Gasteiger partial charge in [-0.3, -0.25) is 19.5 Å². The summed E-state index contributed by atoms with van der Waals surface area (Å²) in [5.41, 5.74) is -2.06. The molecule has 0 saturated carbocycles. The Morgan fingerprint density at radius 1 is 0.768 bits per heavy atom. The minimum atomic E-state index is -5.76. The molecule has 2 aliphatic rings. The Kier molecular flexibility index (Phi) is 24.3. The van der Waals surface area contributed by atoms with E-state index in [4.69, 9.17) is 42.1 Å². The summed E-state index contributed by atoms with van der Waals surface area (Å²) in [4.78, 5) is 46.5. The average Bonchev–Trinajstić information content (AvgIpc) is 3.66. The van der Waals surface area contributed by atoms with Crippen LogP contribution in [0.15, 0.2) is 73.3 Å². The number of benzene rings is 4. The molecule has 4 aromatic carbocycles. The zero-order chi connectivity index (χ0) is 59.6. The van der Waals surface area contributed by atoms with E-state index in [1.165, 1.54) is 31.7 Å². The highest BCUT2D eigenvalue weighted by Gasteiger charge is 2.49. The number of nitrogens with one attached hydrogen (secondary N) is 3. The summed E-state index contributed by atoms with van der Waals surface area (Å²) < 4.78 is 115. The van der Waals surface area contributed by atoms with Crippen molar-refractivity contribution in [3.05, 3.63) is 106 Å². The number of morpholine rings is 2. The number of alkyl halides is 3. The molecule has 2 atom stereocenters. The SMILES string of the molecule is CCOC(=O)[C@@H](C)OS(=O)(=O)C(F)(F)F.COc1cc2ncnc(Nc3cccc(Cl)c3F)c2cc1CN(CCN1CCOCC1)[C@@H](C)C(=O)O.COc1cc2ncnc(Nc3cccc(Cl)c3F)c2cc1CNCCN1CCOCC1. The van der Waals surface area contributed by atoms with E-state index in [1.54, 1.807) is 51.5 Å². The summed E-state index contributed by atoms with van der Waals surface area (Å²) in [6.45, 7) is 14.4. The van der Waals surface area contributed by atoms with Crippen LogP contribution in [0.1, 0.15) is 31.9 Å². The Morgan fingerprint density at radius 3 is 1.73 bits per heavy atom. The molecule has 0 spiro atoms. The fraction of sp³-hybridized carbons (Fsp3) is 0.434. The number of carbonyl (C=O) groups is 2. The predicted molar refractivity (Wildman–Crippen MR) is 297 cm³/mol. The van der Waals surface area contributed by atoms with E-state index in [0.717, 1.165) is 88.2 Å². The van der Waals surface area contributed by atoms with Crippen molar-refractivity contribution < 1.29 is 72.9 Å². The van der Waals surface area contributed by atoms with Gasteiger partial charge in [0.1, 0.15) is 41.8 Å². The molecule has 82 heavy (non-hydrogen) atoms. The van der Waals surface area contributed by atoms with Crippen LogP contribution >= 0.6 is 23.2 Å². The van der Waals surface area contributed by atoms with E-state index in [-0.39, 0.29) is 28.0 Å². The quantitative estimate of drug-likeness (QED) is 0.0165. The third-order valence-electron chi connectivity index (χ3n) is 12.8. The molecule has 0 bridgehead atoms. The molecule has 2 fully saturated rings. The predicted octanol–water partition coefficient (Wildman–Crippen LogP) is 8.18. The molecule has 446 valence electrons. The van der Waals surface area contributed by atoms with Gasteiger partial charge in [-0.05, 0) is 57.2 Å². The van der Waals surface area contributed by atoms with Crippen molar-refractivity contribution in [1.82, 2.24) is 40.0 Å². The number of rotatable bonds is 22. The van der Waals surface area contributed by atoms with E-state index in [2.05, 4.69) is 54.6 Å². The number of carboxylic acid groups (broad SMARTS) is 1. The molecule has 0 aliphatic carbocycles. The highest BCUT2D eigenvalue weighted by atomic mass is 35.5. The number of nitrogens with zero attached hydrogens (tertiary/aromatic N) is 7. The summed E-state index contributed by atoms with van der Waals surface area (Å²) in [6.07, 6.45) is 0.997. The van der Waals surface area contributed by atoms with Gasteiger partial charge in [0, 0.05) is 99.5 Å². The fourth-order valence-corrected chi connectivity index (χ4v) is 9.18. The Morgan fingerprint density at radius 2 is 1.26 bits per heavy atom. The Labute approximate surface area is 480 Å². The number of fused-ring (bicyclic) bond motifs is 2. The lowest BCUT2D eigenvalue weighted by molar-refractivity contribution is -0.151. The second kappa shape index (κ2) is 30.8. The van der Waals surface area contributed by atoms with Gasteiger partial charge in [-0.1, -0.05) is 35.3 Å². The number of aromatic nitrogens is 4. The van der Waals surface area contributed by atoms with Gasteiger partial charge in [0.25, 0.3) is 0 Å². The van der Waals surface area contributed by atoms with E-state index in [1.807, 2.05) is 23.1 Å². The summed E-state index contributed by atoms with van der Waals surface area (Å²) in [7, 11) is -2.56. The van der Waals surface area contributed by atoms with Crippen LogP contribution in [0.3, 0.4) is 0 Å². The maximum Gasteiger partial charge on any atom is 0.523 e. The standard InChI is InChI=1S/C25H29ClFN5O4.C22H25ClFN5O2.C6H9F3O5S/c1-16(25(33)34)32(7-6-31-8-10-36-11-9-31)14-17-12-18-21(13-22(17)35-2)28-15-29-24(18)30-20-5-3-4-19(26)23(20)27;1-30-20-12-19-16(11-15(20)13-25-5-6-29-7-9-31-10-8-29)22(27-14-26-19)28-18-4-2-3-17(23)21(18)24;1-3-13-5(10)4(2)14-15(11,12)6(7,8)9/h3-5,12-13,15-16H,6-11,14H2,1-2H3,(H,33,34)(H,28,29,30);2-4,11-12,14,25H,5-10,13H2,1H3,(H,26,27,28);4H,3H2,1-2H3/t16-;;4-/m0.1/s1. The second-order valence-electron chi connectivity index (χ2n) is 18.2. The van der Waals surface area contributed by atoms with Crippen molar-refractivity contribution in [1.29, 1.82) is 0 Å². The number of carbonyl (C=O) groups excluding carboxylic acids is 1. The molecule has 2 aromatic heterocycles. The third-order valence-corrected chi connectivity index (χ3v) is 14.5. The molecule has 29 heteroatoms. The van der Waals surface area contributed by atoms with E-state index in [9.17, 15) is 45.1 Å². The van der Waals surface area contributed by atoms with Crippen molar-refractivity contribution >= 4 is 90.1 Å². The van der Waals surface area contributed by atoms with Crippen molar-refractivity contribution in [2.45, 2.75) is 51.5 Å². The summed E-state index contributed by atoms with van der Waals surface area (Å²) in [6, 6.07) is 16.3. The molecule has 21 nitrogen and oxygen atoms in total. The van der Waals surface area contributed by atoms with Gasteiger partial charge in [-0.15, -0.1) is 0 Å². The van der Waals surface area contributed by atoms with Crippen LogP contribution in [-0.4, -0.2) is 177 Å². The molecular weight excluding hydrogens is 1150 g/mol. The largest absolute Gasteiger partial charge is 0.523 e. The Balaban J connectivity index is 0.000000214. The number of methoxy groups -OCH3 is 2. The minimum absolute atomic E-state index is 0.000659. The maximum atomic E-state index is 14.5. The number of aliphatic carboxylic acids is 1. The van der Waals surface area contributed by atoms with Crippen molar-refractivity contribution in [2.24, 2.45) is 0 Å². The molecule has 8 rings (SSSR count). The minimum Gasteiger partial charge on any atom is -0.496 e. The highest BCUT2D eigenvalue weighted by molar-refractivity contribution is 7.87. The van der Waals surface area contributed by atoms with Crippen LogP contribution in [0, 0.1) is 11.6 Å². The Bertz CT molecular complexity index is 3220. The van der Waals surface area contributed by atoms with Gasteiger partial charge in [-0.2, -0.15) is 21.6 Å². The van der Waals surface area contributed by atoms with E-state index < -0.39 is 51.3 Å². The van der Waals surface area contributed by atoms with Crippen LogP contribution in [0.2, 0.25) is 10.0 Å². The zero-order valence-electron chi connectivity index (χ0n) is 45.4. The molecule has 0 amide bonds. The smallest absolute Gasteiger partial charge is 0.496 e. The molecule has 6 aromatic rings. The summed E-state index contributed by atoms with van der Waals surface area (Å²) >= 11 is 11.8. The highest BCUT2D eigenvalue weighted by Crippen LogP contribution is 2.34. The first-order chi connectivity index (χ1) is 39.1. The monoisotopic (exact) mass is 1210 g/mol. The van der Waals surface area contributed by atoms with Crippen LogP contribution in [0.4, 0.5) is 45.0 Å². The molecule has 4 N–H and O–H groups in total. The van der Waals surface area contributed by atoms with Gasteiger partial charge >= 0.3 is 27.6 Å². The van der Waals surface area contributed by atoms with Gasteiger partial charge in [0.05, 0.1) is 79.7 Å². The normalized spacial score (nSPS) is 14.9. The van der Waals surface area contributed by atoms with Gasteiger partial charge in [-0.25, -0.2) is 37.7 Å². The van der Waals surface area contributed by atoms with Crippen molar-refractivity contribution in [2.75, 3.05) is 110 Å². The fourth-order valence-electron chi connectivity index (χ4n) is 8.26. The van der Waals surface area contributed by atoms with Crippen molar-refractivity contribution in [3.8, 4) is 11.5 Å². The van der Waals surface area contributed by atoms with Crippen LogP contribution in [0.25, 0.3) is 21.8 Å². The average molecular weight is 1210 g/mol. The third kappa shape index (κ3) is 18.1. The molecule has 2 aliphatic heterocycles. The van der Waals surface area contributed by atoms with Gasteiger partial charge in [0.15, 0.2) is 17.7 Å². The molecular formula is C53H63Cl2F5N10O11S. The zero-order valence-corrected chi connectivity index (χ0v) is 47.7. The second-order valence-corrected chi connectivity index (χ2v) is 20.6. The van der Waals surface area contributed by atoms with E-state index in [0.29, 0.717) is 66.7 Å². The lowest BCUT2D eigenvalue weighted by Gasteiger charge is -2.32. The first-order valence-electron chi connectivity index (χ1n) is 25.6. The number of halogens is 7. The number of hydrogen-bond donors (Lipinski definition) is 4. The van der Waals surface area contributed by atoms with Crippen LogP contribution in [-0.2, 0) is 51.2 Å². The van der Waals surface area contributed by atoms with Crippen LogP contribution in [0.5, 0.6) is 11.5 Å². The van der Waals surface area contributed by atoms with Crippen molar-refractivity contribution in [3.63, 3.8) is 0 Å². The number of anilines is 4. The number of ether oxygens (including phenoxy) is 5. The first-order valence-corrected chi connectivity index (χ1v) is 27.8. The molecule has 0 radical (unpaired) electrons. The van der Waals surface area contributed by atoms with Gasteiger partial charge < -0.3 is 44.7 Å². The topological polar surface area (TPSA) is 241 Å². The van der Waals surface area contributed by atoms with Gasteiger partial charge in [0.2, 0.25) is 0 Å². The number of esters is 1. The lowest BCUT2D eigenvalue weighted by atomic mass is 10.1. The molecule has 2 saturated heterocycles. The first kappa shape index (κ1) is 64.8. The Hall–Kier alpha value is -6.40. The molecule has 4 heterocycles. The summed E-state index contributed by atoms with van der Waals surface area (Å²) in [5, 5.41) is 20.7. The number of hydrogen-bond acceptors (Lipinski definition) is 20. The maximum absolute atomic E-state index is 14.5. The summed E-state index contributed by atoms with van der Waals surface area (Å²) in [5.74, 6) is -0.956. The number of carboxylic acids is 1. The lowest BCUT2D eigenvalue weighted by Crippen LogP contribution is -2.45. The van der Waals surface area contributed by atoms with E-state index >= 15 is 0 Å². The molecule has 0 unspecified atom stereocenters. The van der Waals surface area contributed by atoms with Crippen LogP contribution < -0.4 is 25.4 Å².